The molecule has 5 N–H and O–H groups in total. The van der Waals surface area contributed by atoms with Crippen LogP contribution in [0.3, 0.4) is 0 Å². The fourth-order valence-corrected chi connectivity index (χ4v) is 1.16. The van der Waals surface area contributed by atoms with Crippen LogP contribution in [-0.4, -0.2) is 11.2 Å². The molecule has 1 rings (SSSR count). The molecule has 0 aliphatic heterocycles. The lowest BCUT2D eigenvalue weighted by atomic mass is 10.0. The van der Waals surface area contributed by atoms with Crippen molar-refractivity contribution in [1.29, 1.82) is 5.26 Å². The number of anilines is 1. The van der Waals surface area contributed by atoms with E-state index in [1.165, 1.54) is 0 Å². The van der Waals surface area contributed by atoms with Crippen LogP contribution in [0.1, 0.15) is 24.1 Å². The third-order valence-electron chi connectivity index (χ3n) is 2.10. The minimum atomic E-state index is -0.648. The lowest BCUT2D eigenvalue weighted by molar-refractivity contribution is 0.164. The van der Waals surface area contributed by atoms with E-state index in [4.69, 9.17) is 16.7 Å². The Bertz CT molecular complexity index is 368. The van der Waals surface area contributed by atoms with Gasteiger partial charge < -0.3 is 16.6 Å². The Kier molecular flexibility index (Phi) is 3.07. The predicted octanol–water partition coefficient (Wildman–Crippen LogP) is 0.521. The van der Waals surface area contributed by atoms with Crippen LogP contribution in [0.15, 0.2) is 18.2 Å². The number of aliphatic hydroxyl groups excluding tert-OH is 1. The quantitative estimate of drug-likeness (QED) is 0.594. The molecule has 1 aromatic rings. The van der Waals surface area contributed by atoms with Crippen LogP contribution in [0.5, 0.6) is 0 Å². The molecule has 0 fully saturated rings. The maximum atomic E-state index is 9.27. The van der Waals surface area contributed by atoms with Gasteiger partial charge in [-0.25, -0.2) is 0 Å². The molecule has 4 nitrogen and oxygen atoms in total. The summed E-state index contributed by atoms with van der Waals surface area (Å²) in [6, 6.07) is 6.42. The molecule has 0 spiro atoms. The summed E-state index contributed by atoms with van der Waals surface area (Å²) < 4.78 is 0. The summed E-state index contributed by atoms with van der Waals surface area (Å²) in [6.07, 6.45) is -0.648. The van der Waals surface area contributed by atoms with Crippen LogP contribution in [0.25, 0.3) is 0 Å². The smallest absolute Gasteiger partial charge is 0.101 e. The maximum Gasteiger partial charge on any atom is 0.101 e. The van der Waals surface area contributed by atoms with E-state index < -0.39 is 12.1 Å². The Hall–Kier alpha value is -1.57. The van der Waals surface area contributed by atoms with Crippen molar-refractivity contribution in [3.63, 3.8) is 0 Å². The molecular formula is C10H13N3O. The lowest BCUT2D eigenvalue weighted by Gasteiger charge is -2.15. The molecule has 0 saturated carbocycles. The van der Waals surface area contributed by atoms with E-state index in [9.17, 15) is 5.11 Å². The molecule has 1 aromatic carbocycles. The van der Waals surface area contributed by atoms with Gasteiger partial charge in [-0.1, -0.05) is 6.07 Å². The van der Waals surface area contributed by atoms with E-state index in [0.717, 1.165) is 0 Å². The lowest BCUT2D eigenvalue weighted by Crippen LogP contribution is -2.23. The first kappa shape index (κ1) is 10.5. The zero-order valence-corrected chi connectivity index (χ0v) is 7.94. The van der Waals surface area contributed by atoms with Gasteiger partial charge in [0.2, 0.25) is 0 Å². The second-order valence-corrected chi connectivity index (χ2v) is 3.22. The predicted molar refractivity (Wildman–Crippen MR) is 54.2 cm³/mol. The highest BCUT2D eigenvalue weighted by atomic mass is 16.3. The largest absolute Gasteiger partial charge is 0.398 e. The summed E-state index contributed by atoms with van der Waals surface area (Å²) in [4.78, 5) is 0. The number of benzene rings is 1. The third kappa shape index (κ3) is 2.02. The van der Waals surface area contributed by atoms with E-state index in [-0.39, 0.29) is 0 Å². The van der Waals surface area contributed by atoms with Gasteiger partial charge in [0.05, 0.1) is 17.7 Å². The minimum absolute atomic E-state index is 0.388. The van der Waals surface area contributed by atoms with E-state index in [0.29, 0.717) is 16.8 Å². The first-order valence-corrected chi connectivity index (χ1v) is 4.29. The summed E-state index contributed by atoms with van der Waals surface area (Å²) in [7, 11) is 0. The first-order valence-electron chi connectivity index (χ1n) is 4.29. The van der Waals surface area contributed by atoms with Gasteiger partial charge in [0.15, 0.2) is 0 Å². The molecule has 0 bridgehead atoms. The number of nitrogens with zero attached hydrogens (tertiary/aromatic N) is 1. The fourth-order valence-electron chi connectivity index (χ4n) is 1.16. The zero-order valence-electron chi connectivity index (χ0n) is 7.94. The molecule has 4 heteroatoms. The van der Waals surface area contributed by atoms with Crippen LogP contribution >= 0.6 is 0 Å². The monoisotopic (exact) mass is 191 g/mol. The summed E-state index contributed by atoms with van der Waals surface area (Å²) in [5.41, 5.74) is 12.8. The first-order chi connectivity index (χ1) is 6.56. The molecule has 0 heterocycles. The highest BCUT2D eigenvalue weighted by Gasteiger charge is 2.12. The number of nitrogens with two attached hydrogens (primary N) is 2. The van der Waals surface area contributed by atoms with Crippen molar-refractivity contribution in [2.75, 3.05) is 5.73 Å². The Morgan fingerprint density at radius 1 is 1.50 bits per heavy atom. The fraction of sp³-hybridized carbons (Fsp3) is 0.300. The zero-order chi connectivity index (χ0) is 10.7. The summed E-state index contributed by atoms with van der Waals surface area (Å²) >= 11 is 0. The number of rotatable bonds is 2. The van der Waals surface area contributed by atoms with Crippen molar-refractivity contribution in [3.05, 3.63) is 29.3 Å². The van der Waals surface area contributed by atoms with Crippen LogP contribution in [0, 0.1) is 11.3 Å². The topological polar surface area (TPSA) is 96.1 Å². The van der Waals surface area contributed by atoms with Gasteiger partial charge >= 0.3 is 0 Å². The van der Waals surface area contributed by atoms with Crippen molar-refractivity contribution >= 4 is 5.69 Å². The number of nitrogen functional groups attached to an aromatic ring is 1. The maximum absolute atomic E-state index is 9.27. The van der Waals surface area contributed by atoms with Gasteiger partial charge in [-0.3, -0.25) is 0 Å². The molecule has 74 valence electrons. The Morgan fingerprint density at radius 2 is 2.14 bits per heavy atom. The highest BCUT2D eigenvalue weighted by molar-refractivity contribution is 5.55. The molecular weight excluding hydrogens is 178 g/mol. The Balaban J connectivity index is 3.08. The van der Waals surface area contributed by atoms with Gasteiger partial charge in [-0.2, -0.15) is 5.26 Å². The Labute approximate surface area is 82.8 Å². The molecule has 0 amide bonds. The minimum Gasteiger partial charge on any atom is -0.398 e. The molecule has 0 aliphatic rings. The average Bonchev–Trinajstić information content (AvgIpc) is 2.17. The molecule has 14 heavy (non-hydrogen) atoms. The van der Waals surface area contributed by atoms with Crippen molar-refractivity contribution < 1.29 is 5.11 Å². The number of aliphatic hydroxyl groups is 1. The van der Waals surface area contributed by atoms with Gasteiger partial charge in [-0.05, 0) is 24.6 Å². The van der Waals surface area contributed by atoms with E-state index in [2.05, 4.69) is 0 Å². The van der Waals surface area contributed by atoms with Crippen LogP contribution in [0.2, 0.25) is 0 Å². The summed E-state index contributed by atoms with van der Waals surface area (Å²) in [5.74, 6) is 0. The van der Waals surface area contributed by atoms with Gasteiger partial charge in [-0.15, -0.1) is 0 Å². The normalized spacial score (nSPS) is 14.4. The summed E-state index contributed by atoms with van der Waals surface area (Å²) in [6.45, 7) is 1.60. The third-order valence-corrected chi connectivity index (χ3v) is 2.10. The van der Waals surface area contributed by atoms with Crippen molar-refractivity contribution in [2.45, 2.75) is 19.1 Å². The molecule has 0 aromatic heterocycles. The van der Waals surface area contributed by atoms with Crippen LogP contribution in [-0.2, 0) is 0 Å². The molecule has 2 atom stereocenters. The molecule has 0 aliphatic carbocycles. The number of hydrogen-bond donors (Lipinski definition) is 3. The van der Waals surface area contributed by atoms with Crippen LogP contribution < -0.4 is 11.5 Å². The van der Waals surface area contributed by atoms with Gasteiger partial charge in [0, 0.05) is 5.69 Å². The van der Waals surface area contributed by atoms with Crippen LogP contribution in [0.4, 0.5) is 5.69 Å². The van der Waals surface area contributed by atoms with Crippen molar-refractivity contribution in [3.8, 4) is 6.07 Å². The number of hydrogen-bond acceptors (Lipinski definition) is 4. The second-order valence-electron chi connectivity index (χ2n) is 3.22. The van der Waals surface area contributed by atoms with E-state index in [1.54, 1.807) is 25.1 Å². The molecule has 0 saturated heterocycles. The number of nitriles is 1. The molecule has 0 unspecified atom stereocenters. The van der Waals surface area contributed by atoms with Gasteiger partial charge in [0.1, 0.15) is 6.07 Å². The Morgan fingerprint density at radius 3 is 2.64 bits per heavy atom. The second kappa shape index (κ2) is 4.09. The van der Waals surface area contributed by atoms with Crippen molar-refractivity contribution in [1.82, 2.24) is 0 Å². The SMILES string of the molecule is C[C@@H](O)[C@@H](N)c1ccc(N)c(C#N)c1. The standard InChI is InChI=1S/C10H13N3O/c1-6(14)10(13)7-2-3-9(12)8(4-7)5-11/h2-4,6,10,14H,12-13H2,1H3/t6-,10-/m1/s1. The van der Waals surface area contributed by atoms with E-state index >= 15 is 0 Å². The van der Waals surface area contributed by atoms with E-state index in [1.807, 2.05) is 6.07 Å². The summed E-state index contributed by atoms with van der Waals surface area (Å²) in [5, 5.41) is 18.0. The van der Waals surface area contributed by atoms with Crippen molar-refractivity contribution in [2.24, 2.45) is 5.73 Å². The van der Waals surface area contributed by atoms with Gasteiger partial charge in [0.25, 0.3) is 0 Å². The molecule has 0 radical (unpaired) electrons. The highest BCUT2D eigenvalue weighted by Crippen LogP contribution is 2.19. The average molecular weight is 191 g/mol.